The first-order valence-corrected chi connectivity index (χ1v) is 17.9. The van der Waals surface area contributed by atoms with E-state index in [1.807, 2.05) is 5.48 Å². The van der Waals surface area contributed by atoms with Crippen molar-refractivity contribution in [2.75, 3.05) is 39.8 Å². The zero-order chi connectivity index (χ0) is 40.5. The van der Waals surface area contributed by atoms with Crippen molar-refractivity contribution < 1.29 is 58.6 Å². The number of carbonyl (C=O) groups excluding carboxylic acids is 7. The number of rotatable bonds is 18. The van der Waals surface area contributed by atoms with Crippen molar-refractivity contribution in [2.24, 2.45) is 10.7 Å². The fraction of sp³-hybridized carbons (Fsp3) is 0.588. The number of aliphatic imine (C=N–C) groups is 1. The second-order valence-electron chi connectivity index (χ2n) is 13.0. The number of hydrogen-bond donors (Lipinski definition) is 9. The van der Waals surface area contributed by atoms with Crippen molar-refractivity contribution in [1.29, 1.82) is 0 Å². The predicted octanol–water partition coefficient (Wildman–Crippen LogP) is -2.60. The van der Waals surface area contributed by atoms with E-state index in [1.54, 1.807) is 18.2 Å². The van der Waals surface area contributed by atoms with Crippen LogP contribution in [0.15, 0.2) is 29.3 Å². The Kier molecular flexibility index (Phi) is 17.7. The fourth-order valence-electron chi connectivity index (χ4n) is 5.82. The molecule has 1 saturated heterocycles. The number of esters is 1. The van der Waals surface area contributed by atoms with Crippen molar-refractivity contribution >= 4 is 47.8 Å². The molecular weight excluding hydrogens is 726 g/mol. The molecule has 0 spiro atoms. The number of carbonyl (C=O) groups is 7. The molecule has 55 heavy (non-hydrogen) atoms. The Bertz CT molecular complexity index is 1550. The Morgan fingerprint density at radius 2 is 1.76 bits per heavy atom. The Morgan fingerprint density at radius 3 is 2.45 bits per heavy atom. The maximum absolute atomic E-state index is 14.1. The molecule has 1 aromatic carbocycles. The minimum atomic E-state index is -1.55. The highest BCUT2D eigenvalue weighted by Gasteiger charge is 2.39. The van der Waals surface area contributed by atoms with Gasteiger partial charge < -0.3 is 51.7 Å². The first-order valence-electron chi connectivity index (χ1n) is 17.9. The standard InChI is InChI=1S/C34H51N9O12/c1-20-28(41-27(46)13-16-36-29(47)24-18-54-32(40-24)21-8-3-4-12-26(21)45)33(50)42(2)25(11-6-15-37-52)31(49)38-22(9-5-14-35)30(48)39-23(34(51)55-20)10-7-17-43(53)19-44/h3-4,8,12,19-20,22-25,28,37,45,52-53H,5-7,9-11,13-18,35H2,1-2H3,(H,36,47)(H,38,49)(H,39,48)(H,41,46)/t20-,22+,23+,24+,25+,28-/m1/s1. The molecule has 2 aliphatic rings. The van der Waals surface area contributed by atoms with E-state index in [9.17, 15) is 43.9 Å². The van der Waals surface area contributed by atoms with Gasteiger partial charge in [-0.25, -0.2) is 20.3 Å². The van der Waals surface area contributed by atoms with Gasteiger partial charge in [-0.15, -0.1) is 0 Å². The highest BCUT2D eigenvalue weighted by molar-refractivity contribution is 6.00. The molecule has 2 aliphatic heterocycles. The second kappa shape index (κ2) is 22.1. The molecule has 1 aromatic rings. The molecule has 304 valence electrons. The summed E-state index contributed by atoms with van der Waals surface area (Å²) in [5, 5.41) is 39.4. The van der Waals surface area contributed by atoms with Crippen LogP contribution < -0.4 is 32.5 Å². The molecule has 0 saturated carbocycles. The molecule has 21 nitrogen and oxygen atoms in total. The minimum absolute atomic E-state index is 0.0176. The van der Waals surface area contributed by atoms with E-state index in [2.05, 4.69) is 26.3 Å². The number of likely N-dealkylation sites (N-methyl/N-ethyl adjacent to an activating group) is 1. The van der Waals surface area contributed by atoms with Gasteiger partial charge in [-0.1, -0.05) is 12.1 Å². The van der Waals surface area contributed by atoms with Gasteiger partial charge in [0, 0.05) is 33.1 Å². The van der Waals surface area contributed by atoms with E-state index in [1.165, 1.54) is 20.0 Å². The Morgan fingerprint density at radius 1 is 1.05 bits per heavy atom. The molecule has 0 bridgehead atoms. The highest BCUT2D eigenvalue weighted by atomic mass is 16.5. The summed E-state index contributed by atoms with van der Waals surface area (Å²) >= 11 is 0. The summed E-state index contributed by atoms with van der Waals surface area (Å²) in [7, 11) is 1.31. The summed E-state index contributed by atoms with van der Waals surface area (Å²) in [6, 6.07) is 0.0795. The summed E-state index contributed by atoms with van der Waals surface area (Å²) in [5.74, 6) is -4.55. The first kappa shape index (κ1) is 44.0. The number of aromatic hydroxyl groups is 1. The lowest BCUT2D eigenvalue weighted by Gasteiger charge is -2.33. The van der Waals surface area contributed by atoms with Gasteiger partial charge in [0.15, 0.2) is 6.04 Å². The molecule has 0 aromatic heterocycles. The van der Waals surface area contributed by atoms with Crippen LogP contribution in [-0.2, 0) is 43.0 Å². The average Bonchev–Trinajstić information content (AvgIpc) is 3.66. The number of nitrogens with one attached hydrogen (secondary N) is 5. The number of benzene rings is 1. The van der Waals surface area contributed by atoms with Crippen molar-refractivity contribution in [1.82, 2.24) is 36.7 Å². The molecule has 1 fully saturated rings. The lowest BCUT2D eigenvalue weighted by atomic mass is 10.0. The van der Waals surface area contributed by atoms with Crippen LogP contribution in [-0.4, -0.2) is 149 Å². The van der Waals surface area contributed by atoms with E-state index in [0.29, 0.717) is 17.0 Å². The van der Waals surface area contributed by atoms with Crippen LogP contribution in [0.2, 0.25) is 0 Å². The van der Waals surface area contributed by atoms with E-state index in [0.717, 1.165) is 4.90 Å². The number of phenols is 1. The van der Waals surface area contributed by atoms with Crippen LogP contribution in [0.25, 0.3) is 0 Å². The van der Waals surface area contributed by atoms with E-state index >= 15 is 0 Å². The molecule has 3 rings (SSSR count). The highest BCUT2D eigenvalue weighted by Crippen LogP contribution is 2.21. The number of nitrogens with two attached hydrogens (primary N) is 1. The predicted molar refractivity (Wildman–Crippen MR) is 191 cm³/mol. The summed E-state index contributed by atoms with van der Waals surface area (Å²) in [5.41, 5.74) is 7.96. The largest absolute Gasteiger partial charge is 0.507 e. The zero-order valence-electron chi connectivity index (χ0n) is 30.8. The molecule has 2 heterocycles. The van der Waals surface area contributed by atoms with Crippen LogP contribution in [0.1, 0.15) is 57.4 Å². The number of hydrogen-bond acceptors (Lipinski definition) is 15. The maximum atomic E-state index is 14.1. The van der Waals surface area contributed by atoms with Crippen LogP contribution in [0, 0.1) is 0 Å². The molecule has 0 aliphatic carbocycles. The van der Waals surface area contributed by atoms with Crippen LogP contribution >= 0.6 is 0 Å². The summed E-state index contributed by atoms with van der Waals surface area (Å²) < 4.78 is 11.1. The van der Waals surface area contributed by atoms with Crippen molar-refractivity contribution in [2.45, 2.75) is 88.2 Å². The quantitative estimate of drug-likeness (QED) is 0.0243. The van der Waals surface area contributed by atoms with Crippen LogP contribution in [0.5, 0.6) is 5.75 Å². The topological polar surface area (TPSA) is 304 Å². The third-order valence-electron chi connectivity index (χ3n) is 8.91. The van der Waals surface area contributed by atoms with Crippen LogP contribution in [0.3, 0.4) is 0 Å². The Hall–Kier alpha value is -5.38. The number of cyclic esters (lactones) is 1. The van der Waals surface area contributed by atoms with Crippen LogP contribution in [0.4, 0.5) is 0 Å². The second-order valence-corrected chi connectivity index (χ2v) is 13.0. The van der Waals surface area contributed by atoms with Crippen molar-refractivity contribution in [3.8, 4) is 5.75 Å². The van der Waals surface area contributed by atoms with Gasteiger partial charge in [-0.3, -0.25) is 34.0 Å². The van der Waals surface area contributed by atoms with Gasteiger partial charge in [0.2, 0.25) is 41.8 Å². The van der Waals surface area contributed by atoms with Crippen molar-refractivity contribution in [3.63, 3.8) is 0 Å². The molecule has 0 radical (unpaired) electrons. The Balaban J connectivity index is 1.81. The zero-order valence-corrected chi connectivity index (χ0v) is 30.8. The third kappa shape index (κ3) is 13.2. The number of para-hydroxylation sites is 1. The van der Waals surface area contributed by atoms with Gasteiger partial charge in [-0.2, -0.15) is 0 Å². The molecule has 21 heteroatoms. The maximum Gasteiger partial charge on any atom is 0.328 e. The van der Waals surface area contributed by atoms with E-state index < -0.39 is 71.8 Å². The smallest absolute Gasteiger partial charge is 0.328 e. The number of phenolic OH excluding ortho intramolecular Hbond substituents is 1. The number of hydroxylamine groups is 3. The number of amides is 6. The normalized spacial score (nSPS) is 23.4. The number of nitrogens with zero attached hydrogens (tertiary/aromatic N) is 3. The molecular formula is C34H51N9O12. The minimum Gasteiger partial charge on any atom is -0.507 e. The molecule has 6 amide bonds. The van der Waals surface area contributed by atoms with Gasteiger partial charge in [-0.05, 0) is 64.1 Å². The van der Waals surface area contributed by atoms with Gasteiger partial charge >= 0.3 is 5.97 Å². The van der Waals surface area contributed by atoms with Gasteiger partial charge in [0.1, 0.15) is 42.6 Å². The molecule has 0 unspecified atom stereocenters. The Labute approximate surface area is 317 Å². The third-order valence-corrected chi connectivity index (χ3v) is 8.91. The van der Waals surface area contributed by atoms with Gasteiger partial charge in [0.25, 0.3) is 0 Å². The molecule has 10 N–H and O–H groups in total. The summed E-state index contributed by atoms with van der Waals surface area (Å²) in [4.78, 5) is 97.0. The van der Waals surface area contributed by atoms with Gasteiger partial charge in [0.05, 0.1) is 5.56 Å². The van der Waals surface area contributed by atoms with E-state index in [-0.39, 0.29) is 89.4 Å². The molecule has 6 atom stereocenters. The SMILES string of the molecule is C[C@H]1OC(=O)[C@H](CCCN(O)C=O)NC(=O)[C@H](CCCN)NC(=O)[C@H](CCCNO)N(C)C(=O)[C@@H]1NC(=O)CCNC(=O)[C@@H]1COC(c2ccccc2O)=N1. The van der Waals surface area contributed by atoms with E-state index in [4.69, 9.17) is 20.4 Å². The van der Waals surface area contributed by atoms with Crippen molar-refractivity contribution in [3.05, 3.63) is 29.8 Å². The average molecular weight is 778 g/mol. The summed E-state index contributed by atoms with van der Waals surface area (Å²) in [6.45, 7) is 1.11. The number of ether oxygens (including phenoxy) is 2. The first-order chi connectivity index (χ1) is 26.3. The summed E-state index contributed by atoms with van der Waals surface area (Å²) in [6.07, 6.45) is -0.987. The monoisotopic (exact) mass is 777 g/mol. The fourth-order valence-corrected chi connectivity index (χ4v) is 5.82. The lowest BCUT2D eigenvalue weighted by molar-refractivity contribution is -0.158. The lowest BCUT2D eigenvalue weighted by Crippen LogP contribution is -2.59.